The number of amidine groups is 2. The zero-order valence-corrected chi connectivity index (χ0v) is 19.1. The highest BCUT2D eigenvalue weighted by atomic mass is 35.5. The van der Waals surface area contributed by atoms with Gasteiger partial charge in [-0.25, -0.2) is 4.39 Å². The first-order valence-corrected chi connectivity index (χ1v) is 11.0. The van der Waals surface area contributed by atoms with Gasteiger partial charge in [0.05, 0.1) is 10.6 Å². The molecule has 0 fully saturated rings. The summed E-state index contributed by atoms with van der Waals surface area (Å²) in [6.45, 7) is 7.99. The molecule has 1 N–H and O–H groups in total. The number of hydrazone groups is 1. The molecule has 1 amide bonds. The smallest absolute Gasteiger partial charge is 0.283 e. The van der Waals surface area contributed by atoms with Crippen LogP contribution in [-0.2, 0) is 4.79 Å². The number of hydrogen-bond acceptors (Lipinski definition) is 4. The number of amides is 1. The second kappa shape index (κ2) is 8.09. The fraction of sp³-hybridized carbons (Fsp3) is 0.273. The molecular formula is C22H21ClFN5OS. The number of benzene rings is 1. The SMILES string of the molecule is Cc1cc(/C=C2\C(=N)N3N=C(CC(C)C)SC3=NC2=O)c(C)n1-c1ccc(F)c(Cl)c1. The summed E-state index contributed by atoms with van der Waals surface area (Å²) in [7, 11) is 0. The number of halogens is 2. The average molecular weight is 458 g/mol. The third-order valence-electron chi connectivity index (χ3n) is 5.01. The molecule has 0 saturated carbocycles. The van der Waals surface area contributed by atoms with Crippen LogP contribution in [0.15, 0.2) is 39.9 Å². The molecule has 4 rings (SSSR count). The molecule has 160 valence electrons. The minimum absolute atomic E-state index is 0.0101. The maximum atomic E-state index is 13.6. The van der Waals surface area contributed by atoms with Gasteiger partial charge in [0.25, 0.3) is 5.91 Å². The van der Waals surface area contributed by atoms with Crippen LogP contribution >= 0.6 is 23.4 Å². The summed E-state index contributed by atoms with van der Waals surface area (Å²) in [6.07, 6.45) is 2.43. The minimum Gasteiger partial charge on any atom is -0.318 e. The Bertz CT molecular complexity index is 1210. The third kappa shape index (κ3) is 3.97. The molecule has 0 unspecified atom stereocenters. The molecule has 31 heavy (non-hydrogen) atoms. The number of fused-ring (bicyclic) bond motifs is 1. The van der Waals surface area contributed by atoms with Gasteiger partial charge in [-0.3, -0.25) is 10.2 Å². The Labute approximate surface area is 189 Å². The van der Waals surface area contributed by atoms with Gasteiger partial charge in [0, 0.05) is 23.5 Å². The van der Waals surface area contributed by atoms with Crippen LogP contribution in [0.25, 0.3) is 11.8 Å². The number of nitrogens with zero attached hydrogens (tertiary/aromatic N) is 4. The summed E-state index contributed by atoms with van der Waals surface area (Å²) in [5.41, 5.74) is 3.39. The van der Waals surface area contributed by atoms with Gasteiger partial charge < -0.3 is 4.57 Å². The fourth-order valence-electron chi connectivity index (χ4n) is 3.57. The molecule has 3 heterocycles. The number of hydrogen-bond donors (Lipinski definition) is 1. The van der Waals surface area contributed by atoms with Crippen molar-refractivity contribution in [3.05, 3.63) is 57.6 Å². The van der Waals surface area contributed by atoms with Crippen LogP contribution in [0.1, 0.15) is 37.2 Å². The molecule has 1 aromatic heterocycles. The molecule has 0 spiro atoms. The number of aromatic nitrogens is 1. The van der Waals surface area contributed by atoms with Gasteiger partial charge in [0.2, 0.25) is 5.17 Å². The predicted octanol–water partition coefficient (Wildman–Crippen LogP) is 5.55. The number of carbonyl (C=O) groups is 1. The van der Waals surface area contributed by atoms with Gasteiger partial charge in [0.15, 0.2) is 5.84 Å². The summed E-state index contributed by atoms with van der Waals surface area (Å²) in [4.78, 5) is 16.8. The number of aryl methyl sites for hydroxylation is 1. The van der Waals surface area contributed by atoms with Gasteiger partial charge in [-0.15, -0.1) is 0 Å². The van der Waals surface area contributed by atoms with Crippen molar-refractivity contribution in [2.24, 2.45) is 16.0 Å². The van der Waals surface area contributed by atoms with Crippen LogP contribution in [0.3, 0.4) is 0 Å². The predicted molar refractivity (Wildman–Crippen MR) is 125 cm³/mol. The Balaban J connectivity index is 1.71. The highest BCUT2D eigenvalue weighted by Gasteiger charge is 2.35. The Morgan fingerprint density at radius 1 is 1.29 bits per heavy atom. The van der Waals surface area contributed by atoms with E-state index < -0.39 is 11.7 Å². The number of aliphatic imine (C=N–C) groups is 1. The van der Waals surface area contributed by atoms with Crippen molar-refractivity contribution >= 4 is 51.4 Å². The zero-order valence-electron chi connectivity index (χ0n) is 17.5. The van der Waals surface area contributed by atoms with E-state index >= 15 is 0 Å². The van der Waals surface area contributed by atoms with Gasteiger partial charge in [-0.1, -0.05) is 25.4 Å². The van der Waals surface area contributed by atoms with Crippen molar-refractivity contribution in [3.63, 3.8) is 0 Å². The van der Waals surface area contributed by atoms with E-state index in [1.54, 1.807) is 18.2 Å². The van der Waals surface area contributed by atoms with Crippen molar-refractivity contribution in [2.45, 2.75) is 34.1 Å². The lowest BCUT2D eigenvalue weighted by molar-refractivity contribution is -0.114. The molecule has 2 aliphatic heterocycles. The van der Waals surface area contributed by atoms with E-state index in [0.29, 0.717) is 11.1 Å². The second-order valence-electron chi connectivity index (χ2n) is 7.87. The Morgan fingerprint density at radius 3 is 2.71 bits per heavy atom. The number of rotatable bonds is 4. The molecule has 0 saturated heterocycles. The minimum atomic E-state index is -0.481. The lowest BCUT2D eigenvalue weighted by atomic mass is 10.1. The Hall–Kier alpha value is -2.71. The summed E-state index contributed by atoms with van der Waals surface area (Å²) in [5, 5.41) is 15.8. The molecule has 0 aliphatic carbocycles. The first-order chi connectivity index (χ1) is 14.7. The summed E-state index contributed by atoms with van der Waals surface area (Å²) in [5.74, 6) is -0.514. The van der Waals surface area contributed by atoms with Gasteiger partial charge in [-0.2, -0.15) is 15.1 Å². The highest BCUT2D eigenvalue weighted by molar-refractivity contribution is 8.26. The van der Waals surface area contributed by atoms with E-state index in [-0.39, 0.29) is 16.4 Å². The lowest BCUT2D eigenvalue weighted by Gasteiger charge is -2.20. The first kappa shape index (κ1) is 21.5. The summed E-state index contributed by atoms with van der Waals surface area (Å²) < 4.78 is 15.5. The van der Waals surface area contributed by atoms with Crippen molar-refractivity contribution in [2.75, 3.05) is 0 Å². The van der Waals surface area contributed by atoms with Crippen LogP contribution in [0.5, 0.6) is 0 Å². The number of carbonyl (C=O) groups excluding carboxylic acids is 1. The topological polar surface area (TPSA) is 73.8 Å². The average Bonchev–Trinajstić information content (AvgIpc) is 3.20. The molecule has 0 atom stereocenters. The van der Waals surface area contributed by atoms with E-state index in [0.717, 1.165) is 34.1 Å². The lowest BCUT2D eigenvalue weighted by Crippen LogP contribution is -2.35. The van der Waals surface area contributed by atoms with Gasteiger partial charge >= 0.3 is 0 Å². The van der Waals surface area contributed by atoms with Crippen LogP contribution < -0.4 is 0 Å². The summed E-state index contributed by atoms with van der Waals surface area (Å²) >= 11 is 7.29. The molecule has 0 bridgehead atoms. The molecule has 2 aliphatic rings. The Morgan fingerprint density at radius 2 is 2.03 bits per heavy atom. The van der Waals surface area contributed by atoms with Crippen LogP contribution in [0.4, 0.5) is 4.39 Å². The van der Waals surface area contributed by atoms with E-state index in [1.165, 1.54) is 22.8 Å². The summed E-state index contributed by atoms with van der Waals surface area (Å²) in [6, 6.07) is 6.44. The first-order valence-electron chi connectivity index (χ1n) is 9.79. The Kier molecular flexibility index (Phi) is 5.61. The van der Waals surface area contributed by atoms with Gasteiger partial charge in [-0.05, 0) is 67.4 Å². The standard InChI is InChI=1S/C22H21ClFN5OS/c1-11(2)7-19-27-29-20(25)16(21(30)26-22(29)31-19)9-14-8-12(3)28(13(14)4)15-5-6-18(24)17(23)10-15/h5-6,8-11,25H,7H2,1-4H3/b16-9+,25-20?. The second-order valence-corrected chi connectivity index (χ2v) is 9.32. The maximum Gasteiger partial charge on any atom is 0.283 e. The zero-order chi connectivity index (χ0) is 22.4. The molecule has 1 aromatic carbocycles. The van der Waals surface area contributed by atoms with E-state index in [1.807, 2.05) is 24.5 Å². The number of thioether (sulfide) groups is 1. The quantitative estimate of drug-likeness (QED) is 0.611. The molecule has 6 nitrogen and oxygen atoms in total. The fourth-order valence-corrected chi connectivity index (χ4v) is 4.85. The van der Waals surface area contributed by atoms with E-state index in [2.05, 4.69) is 23.9 Å². The van der Waals surface area contributed by atoms with Crippen molar-refractivity contribution in [1.29, 1.82) is 5.41 Å². The van der Waals surface area contributed by atoms with Crippen LogP contribution in [0.2, 0.25) is 5.02 Å². The van der Waals surface area contributed by atoms with E-state index in [9.17, 15) is 9.18 Å². The molecular weight excluding hydrogens is 437 g/mol. The molecule has 0 radical (unpaired) electrons. The van der Waals surface area contributed by atoms with E-state index in [4.69, 9.17) is 17.0 Å². The van der Waals surface area contributed by atoms with Crippen molar-refractivity contribution in [3.8, 4) is 5.69 Å². The normalized spacial score (nSPS) is 17.5. The van der Waals surface area contributed by atoms with Gasteiger partial charge in [0.1, 0.15) is 10.9 Å². The number of nitrogens with one attached hydrogen (secondary N) is 1. The maximum absolute atomic E-state index is 13.6. The van der Waals surface area contributed by atoms with Crippen LogP contribution in [-0.4, -0.2) is 31.5 Å². The van der Waals surface area contributed by atoms with Crippen molar-refractivity contribution < 1.29 is 9.18 Å². The monoisotopic (exact) mass is 457 g/mol. The van der Waals surface area contributed by atoms with Crippen LogP contribution in [0, 0.1) is 31.0 Å². The molecule has 2 aromatic rings. The third-order valence-corrected chi connectivity index (χ3v) is 6.23. The largest absolute Gasteiger partial charge is 0.318 e. The highest BCUT2D eigenvalue weighted by Crippen LogP contribution is 2.32. The van der Waals surface area contributed by atoms with Crippen molar-refractivity contribution in [1.82, 2.24) is 9.58 Å². The molecule has 9 heteroatoms.